The molecule has 18 heavy (non-hydrogen) atoms. The molecule has 4 heteroatoms. The molecule has 2 atom stereocenters. The Labute approximate surface area is 117 Å². The normalized spacial score (nSPS) is 30.7. The van der Waals surface area contributed by atoms with Crippen molar-refractivity contribution in [2.45, 2.75) is 43.7 Å². The van der Waals surface area contributed by atoms with Gasteiger partial charge < -0.3 is 10.4 Å². The Morgan fingerprint density at radius 1 is 1.39 bits per heavy atom. The van der Waals surface area contributed by atoms with E-state index in [-0.39, 0.29) is 0 Å². The molecule has 2 aliphatic rings. The maximum absolute atomic E-state index is 10.9. The van der Waals surface area contributed by atoms with Crippen LogP contribution in [0.2, 0.25) is 10.0 Å². The Bertz CT molecular complexity index is 471. The van der Waals surface area contributed by atoms with E-state index in [0.717, 1.165) is 43.4 Å². The molecule has 1 saturated heterocycles. The van der Waals surface area contributed by atoms with E-state index >= 15 is 0 Å². The lowest BCUT2D eigenvalue weighted by Gasteiger charge is -2.27. The largest absolute Gasteiger partial charge is 0.385 e. The standard InChI is InChI=1S/C14H17Cl2NO/c15-9-6-12-11(13(16)7-9)3-4-14(12,18)8-10-2-1-5-17-10/h6-7,10,17-18H,1-5,8H2. The first-order valence-electron chi connectivity index (χ1n) is 6.53. The molecular weight excluding hydrogens is 269 g/mol. The van der Waals surface area contributed by atoms with Crippen molar-refractivity contribution in [2.24, 2.45) is 0 Å². The molecular formula is C14H17Cl2NO. The molecule has 1 heterocycles. The molecule has 2 unspecified atom stereocenters. The van der Waals surface area contributed by atoms with E-state index in [0.29, 0.717) is 16.1 Å². The monoisotopic (exact) mass is 285 g/mol. The molecule has 2 nitrogen and oxygen atoms in total. The van der Waals surface area contributed by atoms with E-state index in [1.807, 2.05) is 6.07 Å². The van der Waals surface area contributed by atoms with Crippen LogP contribution >= 0.6 is 23.2 Å². The lowest BCUT2D eigenvalue weighted by atomic mass is 9.88. The van der Waals surface area contributed by atoms with Crippen LogP contribution in [0, 0.1) is 0 Å². The van der Waals surface area contributed by atoms with Gasteiger partial charge in [-0.25, -0.2) is 0 Å². The summed E-state index contributed by atoms with van der Waals surface area (Å²) in [7, 11) is 0. The topological polar surface area (TPSA) is 32.3 Å². The fourth-order valence-electron chi connectivity index (χ4n) is 3.29. The summed E-state index contributed by atoms with van der Waals surface area (Å²) in [5, 5.41) is 15.6. The molecule has 0 saturated carbocycles. The third-order valence-electron chi connectivity index (χ3n) is 4.20. The van der Waals surface area contributed by atoms with Gasteiger partial charge in [0.2, 0.25) is 0 Å². The highest BCUT2D eigenvalue weighted by molar-refractivity contribution is 6.35. The van der Waals surface area contributed by atoms with E-state index in [4.69, 9.17) is 23.2 Å². The van der Waals surface area contributed by atoms with E-state index in [2.05, 4.69) is 5.32 Å². The third-order valence-corrected chi connectivity index (χ3v) is 4.75. The Morgan fingerprint density at radius 3 is 2.94 bits per heavy atom. The number of hydrogen-bond acceptors (Lipinski definition) is 2. The van der Waals surface area contributed by atoms with Gasteiger partial charge in [-0.1, -0.05) is 23.2 Å². The zero-order valence-electron chi connectivity index (χ0n) is 10.2. The highest BCUT2D eigenvalue weighted by Gasteiger charge is 2.40. The van der Waals surface area contributed by atoms with Gasteiger partial charge in [0, 0.05) is 16.1 Å². The first-order valence-corrected chi connectivity index (χ1v) is 7.28. The quantitative estimate of drug-likeness (QED) is 0.874. The summed E-state index contributed by atoms with van der Waals surface area (Å²) < 4.78 is 0. The van der Waals surface area contributed by atoms with Crippen LogP contribution in [0.3, 0.4) is 0 Å². The van der Waals surface area contributed by atoms with Gasteiger partial charge in [0.05, 0.1) is 5.60 Å². The summed E-state index contributed by atoms with van der Waals surface area (Å²) in [6.45, 7) is 1.06. The van der Waals surface area contributed by atoms with Crippen LogP contribution in [0.25, 0.3) is 0 Å². The zero-order valence-corrected chi connectivity index (χ0v) is 11.7. The van der Waals surface area contributed by atoms with Crippen molar-refractivity contribution in [3.8, 4) is 0 Å². The second-order valence-corrected chi connectivity index (χ2v) is 6.29. The van der Waals surface area contributed by atoms with Crippen molar-refractivity contribution < 1.29 is 5.11 Å². The smallest absolute Gasteiger partial charge is 0.0918 e. The molecule has 0 bridgehead atoms. The van der Waals surface area contributed by atoms with Crippen molar-refractivity contribution in [3.05, 3.63) is 33.3 Å². The Balaban J connectivity index is 1.92. The molecule has 1 aliphatic carbocycles. The lowest BCUT2D eigenvalue weighted by molar-refractivity contribution is 0.0208. The highest BCUT2D eigenvalue weighted by Crippen LogP contribution is 2.44. The molecule has 3 rings (SSSR count). The number of benzene rings is 1. The number of rotatable bonds is 2. The van der Waals surface area contributed by atoms with Crippen molar-refractivity contribution >= 4 is 23.2 Å². The van der Waals surface area contributed by atoms with Gasteiger partial charge in [-0.2, -0.15) is 0 Å². The van der Waals surface area contributed by atoms with Crippen LogP contribution in [-0.2, 0) is 12.0 Å². The van der Waals surface area contributed by atoms with Gasteiger partial charge in [-0.3, -0.25) is 0 Å². The SMILES string of the molecule is OC1(CC2CCCN2)CCc2c(Cl)cc(Cl)cc21. The van der Waals surface area contributed by atoms with Crippen LogP contribution in [0.4, 0.5) is 0 Å². The van der Waals surface area contributed by atoms with Crippen molar-refractivity contribution in [2.75, 3.05) is 6.54 Å². The van der Waals surface area contributed by atoms with Gasteiger partial charge in [-0.05, 0) is 61.9 Å². The minimum atomic E-state index is -0.758. The van der Waals surface area contributed by atoms with Gasteiger partial charge >= 0.3 is 0 Å². The second kappa shape index (κ2) is 4.68. The second-order valence-electron chi connectivity index (χ2n) is 5.44. The summed E-state index contributed by atoms with van der Waals surface area (Å²) in [5.41, 5.74) is 1.25. The minimum Gasteiger partial charge on any atom is -0.385 e. The van der Waals surface area contributed by atoms with Gasteiger partial charge in [0.25, 0.3) is 0 Å². The van der Waals surface area contributed by atoms with Crippen LogP contribution in [0.1, 0.15) is 36.8 Å². The molecule has 0 aromatic heterocycles. The summed E-state index contributed by atoms with van der Waals surface area (Å²) >= 11 is 12.3. The van der Waals surface area contributed by atoms with E-state index in [1.54, 1.807) is 6.07 Å². The Morgan fingerprint density at radius 2 is 2.22 bits per heavy atom. The number of fused-ring (bicyclic) bond motifs is 1. The molecule has 2 N–H and O–H groups in total. The Kier molecular flexibility index (Phi) is 3.31. The fraction of sp³-hybridized carbons (Fsp3) is 0.571. The first-order chi connectivity index (χ1) is 8.58. The maximum atomic E-state index is 10.9. The third kappa shape index (κ3) is 2.16. The molecule has 1 aromatic rings. The molecule has 0 amide bonds. The molecule has 98 valence electrons. The van der Waals surface area contributed by atoms with Gasteiger partial charge in [0.15, 0.2) is 0 Å². The molecule has 0 spiro atoms. The lowest BCUT2D eigenvalue weighted by Crippen LogP contribution is -2.33. The van der Waals surface area contributed by atoms with Crippen molar-refractivity contribution in [1.29, 1.82) is 0 Å². The number of aliphatic hydroxyl groups is 1. The Hall–Kier alpha value is -0.280. The molecule has 1 aromatic carbocycles. The van der Waals surface area contributed by atoms with Gasteiger partial charge in [0.1, 0.15) is 0 Å². The molecule has 1 fully saturated rings. The van der Waals surface area contributed by atoms with Crippen LogP contribution in [0.5, 0.6) is 0 Å². The first kappa shape index (κ1) is 12.7. The van der Waals surface area contributed by atoms with Crippen molar-refractivity contribution in [3.63, 3.8) is 0 Å². The van der Waals surface area contributed by atoms with E-state index in [9.17, 15) is 5.11 Å². The minimum absolute atomic E-state index is 0.415. The van der Waals surface area contributed by atoms with E-state index in [1.165, 1.54) is 6.42 Å². The van der Waals surface area contributed by atoms with E-state index < -0.39 is 5.60 Å². The van der Waals surface area contributed by atoms with Crippen LogP contribution in [0.15, 0.2) is 12.1 Å². The fourth-order valence-corrected chi connectivity index (χ4v) is 3.88. The number of halogens is 2. The average Bonchev–Trinajstić information content (AvgIpc) is 2.89. The number of nitrogens with one attached hydrogen (secondary N) is 1. The van der Waals surface area contributed by atoms with Crippen LogP contribution in [-0.4, -0.2) is 17.7 Å². The predicted octanol–water partition coefficient (Wildman–Crippen LogP) is 3.27. The summed E-state index contributed by atoms with van der Waals surface area (Å²) in [5.74, 6) is 0. The summed E-state index contributed by atoms with van der Waals surface area (Å²) in [4.78, 5) is 0. The van der Waals surface area contributed by atoms with Gasteiger partial charge in [-0.15, -0.1) is 0 Å². The highest BCUT2D eigenvalue weighted by atomic mass is 35.5. The van der Waals surface area contributed by atoms with Crippen molar-refractivity contribution in [1.82, 2.24) is 5.32 Å². The molecule has 1 aliphatic heterocycles. The maximum Gasteiger partial charge on any atom is 0.0918 e. The summed E-state index contributed by atoms with van der Waals surface area (Å²) in [6.07, 6.45) is 4.70. The summed E-state index contributed by atoms with van der Waals surface area (Å²) in [6, 6.07) is 4.06. The van der Waals surface area contributed by atoms with Crippen LogP contribution < -0.4 is 5.32 Å². The number of hydrogen-bond donors (Lipinski definition) is 2. The average molecular weight is 286 g/mol. The molecule has 0 radical (unpaired) electrons. The predicted molar refractivity (Wildman–Crippen MR) is 74.3 cm³/mol. The zero-order chi connectivity index (χ0) is 12.8.